The Kier molecular flexibility index (Phi) is 7.70. The Morgan fingerprint density at radius 3 is 2.00 bits per heavy atom. The van der Waals surface area contributed by atoms with E-state index in [2.05, 4.69) is 0 Å². The first-order chi connectivity index (χ1) is 6.93. The molecule has 15 heavy (non-hydrogen) atoms. The second-order valence-electron chi connectivity index (χ2n) is 3.58. The molecule has 0 heterocycles. The summed E-state index contributed by atoms with van der Waals surface area (Å²) in [5, 5.41) is 0. The van der Waals surface area contributed by atoms with Gasteiger partial charge in [-0.25, -0.2) is 0 Å². The summed E-state index contributed by atoms with van der Waals surface area (Å²) in [5.74, 6) is 0.854. The highest BCUT2D eigenvalue weighted by Crippen LogP contribution is 2.48. The quantitative estimate of drug-likeness (QED) is 0.626. The highest BCUT2D eigenvalue weighted by molar-refractivity contribution is 7.92. The Morgan fingerprint density at radius 2 is 1.67 bits per heavy atom. The fraction of sp³-hybridized carbons (Fsp3) is 1.00. The maximum Gasteiger partial charge on any atom is 0.343 e. The summed E-state index contributed by atoms with van der Waals surface area (Å²) in [4.78, 5) is 0. The predicted octanol–water partition coefficient (Wildman–Crippen LogP) is 2.61. The van der Waals surface area contributed by atoms with Crippen molar-refractivity contribution >= 4 is 18.4 Å². The van der Waals surface area contributed by atoms with Gasteiger partial charge >= 0.3 is 7.60 Å². The van der Waals surface area contributed by atoms with Crippen molar-refractivity contribution in [1.82, 2.24) is 0 Å². The Balaban J connectivity index is 4.27. The van der Waals surface area contributed by atoms with Crippen LogP contribution in [-0.4, -0.2) is 28.7 Å². The summed E-state index contributed by atoms with van der Waals surface area (Å²) < 4.78 is 33.7. The number of hydrogen-bond donors (Lipinski definition) is 0. The van der Waals surface area contributed by atoms with Crippen LogP contribution >= 0.6 is 7.60 Å². The zero-order valence-corrected chi connectivity index (χ0v) is 11.6. The fourth-order valence-corrected chi connectivity index (χ4v) is 5.14. The van der Waals surface area contributed by atoms with Gasteiger partial charge in [-0.15, -0.1) is 0 Å². The summed E-state index contributed by atoms with van der Waals surface area (Å²) in [7, 11) is -4.27. The lowest BCUT2D eigenvalue weighted by Gasteiger charge is -2.16. The summed E-state index contributed by atoms with van der Waals surface area (Å²) in [6.45, 7) is 8.08. The van der Waals surface area contributed by atoms with Gasteiger partial charge in [-0.2, -0.15) is 0 Å². The van der Waals surface area contributed by atoms with Gasteiger partial charge in [0, 0.05) is 16.6 Å². The minimum Gasteiger partial charge on any atom is -0.308 e. The van der Waals surface area contributed by atoms with Gasteiger partial charge in [0.15, 0.2) is 0 Å². The van der Waals surface area contributed by atoms with Crippen molar-refractivity contribution < 1.29 is 17.8 Å². The van der Waals surface area contributed by atoms with Crippen LogP contribution in [-0.2, 0) is 24.4 Å². The topological polar surface area (TPSA) is 52.6 Å². The standard InChI is InChI=1S/C9H21O4PS/c1-5-12-14(10,13-6-2)8-15(11)7-9(3)4/h9H,5-8H2,1-4H3. The van der Waals surface area contributed by atoms with Crippen LogP contribution in [0.25, 0.3) is 0 Å². The van der Waals surface area contributed by atoms with Crippen LogP contribution in [0.5, 0.6) is 0 Å². The largest absolute Gasteiger partial charge is 0.343 e. The lowest BCUT2D eigenvalue weighted by atomic mass is 10.3. The Labute approximate surface area is 94.7 Å². The third-order valence-electron chi connectivity index (χ3n) is 1.47. The van der Waals surface area contributed by atoms with Gasteiger partial charge in [-0.05, 0) is 19.8 Å². The zero-order valence-electron chi connectivity index (χ0n) is 9.89. The van der Waals surface area contributed by atoms with Crippen LogP contribution in [0.15, 0.2) is 0 Å². The molecule has 0 N–H and O–H groups in total. The molecule has 0 saturated carbocycles. The van der Waals surface area contributed by atoms with E-state index in [0.29, 0.717) is 24.9 Å². The molecule has 0 aliphatic rings. The van der Waals surface area contributed by atoms with E-state index in [1.807, 2.05) is 13.8 Å². The SMILES string of the molecule is CCOP(=O)(CS(=O)CC(C)C)OCC. The van der Waals surface area contributed by atoms with Crippen LogP contribution in [0.1, 0.15) is 27.7 Å². The van der Waals surface area contributed by atoms with Crippen molar-refractivity contribution in [3.8, 4) is 0 Å². The van der Waals surface area contributed by atoms with Gasteiger partial charge in [0.25, 0.3) is 0 Å². The Hall–Kier alpha value is 0.300. The van der Waals surface area contributed by atoms with E-state index in [-0.39, 0.29) is 5.49 Å². The molecule has 92 valence electrons. The average molecular weight is 256 g/mol. The molecule has 0 bridgehead atoms. The molecule has 0 aliphatic carbocycles. The predicted molar refractivity (Wildman–Crippen MR) is 63.6 cm³/mol. The summed E-state index contributed by atoms with van der Waals surface area (Å²) >= 11 is 0. The Bertz CT molecular complexity index is 232. The molecular weight excluding hydrogens is 235 g/mol. The summed E-state index contributed by atoms with van der Waals surface area (Å²) in [6, 6.07) is 0. The molecule has 0 amide bonds. The molecule has 1 unspecified atom stereocenters. The molecule has 0 aliphatic heterocycles. The van der Waals surface area contributed by atoms with Crippen molar-refractivity contribution in [1.29, 1.82) is 0 Å². The first-order valence-corrected chi connectivity index (χ1v) is 8.38. The lowest BCUT2D eigenvalue weighted by molar-refractivity contribution is 0.224. The van der Waals surface area contributed by atoms with Crippen molar-refractivity contribution in [2.75, 3.05) is 24.5 Å². The molecule has 1 atom stereocenters. The molecule has 0 saturated heterocycles. The minimum atomic E-state index is -3.13. The molecule has 0 spiro atoms. The molecular formula is C9H21O4PS. The van der Waals surface area contributed by atoms with Crippen molar-refractivity contribution in [2.45, 2.75) is 27.7 Å². The monoisotopic (exact) mass is 256 g/mol. The molecule has 0 aromatic rings. The van der Waals surface area contributed by atoms with E-state index in [1.165, 1.54) is 0 Å². The highest BCUT2D eigenvalue weighted by atomic mass is 32.2. The molecule has 0 aromatic carbocycles. The first-order valence-electron chi connectivity index (χ1n) is 5.16. The molecule has 4 nitrogen and oxygen atoms in total. The third kappa shape index (κ3) is 7.23. The van der Waals surface area contributed by atoms with E-state index in [4.69, 9.17) is 9.05 Å². The van der Waals surface area contributed by atoms with Crippen molar-refractivity contribution in [3.63, 3.8) is 0 Å². The van der Waals surface area contributed by atoms with Crippen LogP contribution in [0.2, 0.25) is 0 Å². The van der Waals surface area contributed by atoms with Crippen molar-refractivity contribution in [2.24, 2.45) is 5.92 Å². The van der Waals surface area contributed by atoms with Gasteiger partial charge in [0.1, 0.15) is 5.49 Å². The number of rotatable bonds is 8. The van der Waals surface area contributed by atoms with E-state index in [1.54, 1.807) is 13.8 Å². The zero-order chi connectivity index (χ0) is 11.9. The van der Waals surface area contributed by atoms with Crippen LogP contribution < -0.4 is 0 Å². The molecule has 0 rings (SSSR count). The van der Waals surface area contributed by atoms with Gasteiger partial charge in [-0.3, -0.25) is 8.77 Å². The number of hydrogen-bond acceptors (Lipinski definition) is 4. The molecule has 6 heteroatoms. The van der Waals surface area contributed by atoms with E-state index in [0.717, 1.165) is 0 Å². The second kappa shape index (κ2) is 7.55. The van der Waals surface area contributed by atoms with Crippen molar-refractivity contribution in [3.05, 3.63) is 0 Å². The average Bonchev–Trinajstić information content (AvgIpc) is 2.01. The van der Waals surface area contributed by atoms with Crippen LogP contribution in [0.4, 0.5) is 0 Å². The smallest absolute Gasteiger partial charge is 0.308 e. The fourth-order valence-electron chi connectivity index (χ4n) is 1.11. The second-order valence-corrected chi connectivity index (χ2v) is 7.56. The highest BCUT2D eigenvalue weighted by Gasteiger charge is 2.26. The molecule has 0 fully saturated rings. The maximum absolute atomic E-state index is 12.0. The van der Waals surface area contributed by atoms with E-state index < -0.39 is 18.4 Å². The molecule has 0 aromatic heterocycles. The van der Waals surface area contributed by atoms with E-state index in [9.17, 15) is 8.77 Å². The molecule has 0 radical (unpaired) electrons. The maximum atomic E-state index is 12.0. The lowest BCUT2D eigenvalue weighted by Crippen LogP contribution is -2.11. The summed E-state index contributed by atoms with van der Waals surface area (Å²) in [6.07, 6.45) is 0. The first kappa shape index (κ1) is 15.3. The van der Waals surface area contributed by atoms with E-state index >= 15 is 0 Å². The van der Waals surface area contributed by atoms with Crippen LogP contribution in [0, 0.1) is 5.92 Å². The van der Waals surface area contributed by atoms with Gasteiger partial charge in [0.2, 0.25) is 0 Å². The van der Waals surface area contributed by atoms with Crippen LogP contribution in [0.3, 0.4) is 0 Å². The normalized spacial score (nSPS) is 14.5. The minimum absolute atomic E-state index is 0.00681. The Morgan fingerprint density at radius 1 is 1.20 bits per heavy atom. The van der Waals surface area contributed by atoms with Gasteiger partial charge in [-0.1, -0.05) is 13.8 Å². The third-order valence-corrected chi connectivity index (χ3v) is 6.23. The summed E-state index contributed by atoms with van der Waals surface area (Å²) in [5.41, 5.74) is 0.00681. The van der Waals surface area contributed by atoms with Gasteiger partial charge < -0.3 is 9.05 Å². The van der Waals surface area contributed by atoms with Gasteiger partial charge in [0.05, 0.1) is 13.2 Å².